The standard InChI is InChI=1S/C11H15N5OS/c1-8-15-10(7-18-8)6-16-11(17)4-9(5-14-16)13-3-2-12/h4-5,7,13H,2-3,6,12H2,1H3. The fraction of sp³-hybridized carbons (Fsp3) is 0.364. The van der Waals surface area contributed by atoms with Crippen molar-refractivity contribution in [1.82, 2.24) is 14.8 Å². The third-order valence-electron chi connectivity index (χ3n) is 2.32. The van der Waals surface area contributed by atoms with E-state index in [1.165, 1.54) is 10.7 Å². The van der Waals surface area contributed by atoms with E-state index in [2.05, 4.69) is 15.4 Å². The largest absolute Gasteiger partial charge is 0.382 e. The Balaban J connectivity index is 2.12. The molecule has 6 nitrogen and oxygen atoms in total. The van der Waals surface area contributed by atoms with Gasteiger partial charge in [0.1, 0.15) is 0 Å². The summed E-state index contributed by atoms with van der Waals surface area (Å²) < 4.78 is 1.39. The van der Waals surface area contributed by atoms with Gasteiger partial charge in [0, 0.05) is 24.5 Å². The molecule has 3 N–H and O–H groups in total. The fourth-order valence-electron chi connectivity index (χ4n) is 1.50. The van der Waals surface area contributed by atoms with Crippen LogP contribution >= 0.6 is 11.3 Å². The Morgan fingerprint density at radius 1 is 1.56 bits per heavy atom. The van der Waals surface area contributed by atoms with Gasteiger partial charge < -0.3 is 11.1 Å². The lowest BCUT2D eigenvalue weighted by atomic mass is 10.4. The molecule has 0 spiro atoms. The summed E-state index contributed by atoms with van der Waals surface area (Å²) in [7, 11) is 0. The van der Waals surface area contributed by atoms with Crippen molar-refractivity contribution in [3.63, 3.8) is 0 Å². The molecule has 2 aromatic rings. The van der Waals surface area contributed by atoms with E-state index < -0.39 is 0 Å². The number of anilines is 1. The van der Waals surface area contributed by atoms with Gasteiger partial charge in [0.2, 0.25) is 0 Å². The van der Waals surface area contributed by atoms with Crippen molar-refractivity contribution in [2.24, 2.45) is 5.73 Å². The SMILES string of the molecule is Cc1nc(Cn2ncc(NCCN)cc2=O)cs1. The number of nitrogens with two attached hydrogens (primary N) is 1. The normalized spacial score (nSPS) is 10.6. The quantitative estimate of drug-likeness (QED) is 0.818. The smallest absolute Gasteiger partial charge is 0.269 e. The van der Waals surface area contributed by atoms with E-state index in [9.17, 15) is 4.79 Å². The number of hydrogen-bond acceptors (Lipinski definition) is 6. The van der Waals surface area contributed by atoms with E-state index >= 15 is 0 Å². The van der Waals surface area contributed by atoms with Crippen LogP contribution in [0.1, 0.15) is 10.7 Å². The average molecular weight is 265 g/mol. The van der Waals surface area contributed by atoms with E-state index in [1.807, 2.05) is 12.3 Å². The first-order chi connectivity index (χ1) is 8.69. The Hall–Kier alpha value is -1.73. The Morgan fingerprint density at radius 3 is 3.00 bits per heavy atom. The van der Waals surface area contributed by atoms with Crippen LogP contribution in [0.15, 0.2) is 22.4 Å². The average Bonchev–Trinajstić information content (AvgIpc) is 2.75. The van der Waals surface area contributed by atoms with E-state index in [1.54, 1.807) is 17.5 Å². The molecule has 7 heteroatoms. The molecule has 96 valence electrons. The summed E-state index contributed by atoms with van der Waals surface area (Å²) >= 11 is 1.56. The molecule has 0 bridgehead atoms. The maximum Gasteiger partial charge on any atom is 0.269 e. The zero-order valence-electron chi connectivity index (χ0n) is 10.1. The highest BCUT2D eigenvalue weighted by molar-refractivity contribution is 7.09. The van der Waals surface area contributed by atoms with E-state index in [0.29, 0.717) is 25.3 Å². The second-order valence-corrected chi connectivity index (χ2v) is 4.88. The van der Waals surface area contributed by atoms with Gasteiger partial charge in [-0.15, -0.1) is 11.3 Å². The number of hydrogen-bond donors (Lipinski definition) is 2. The summed E-state index contributed by atoms with van der Waals surface area (Å²) in [5.74, 6) is 0. The van der Waals surface area contributed by atoms with Crippen LogP contribution in [-0.2, 0) is 6.54 Å². The topological polar surface area (TPSA) is 85.8 Å². The predicted molar refractivity (Wildman–Crippen MR) is 72.0 cm³/mol. The van der Waals surface area contributed by atoms with Crippen molar-refractivity contribution in [2.75, 3.05) is 18.4 Å². The molecule has 0 aliphatic heterocycles. The van der Waals surface area contributed by atoms with Gasteiger partial charge in [-0.3, -0.25) is 4.79 Å². The van der Waals surface area contributed by atoms with Crippen molar-refractivity contribution >= 4 is 17.0 Å². The summed E-state index contributed by atoms with van der Waals surface area (Å²) in [5, 5.41) is 10.0. The molecule has 18 heavy (non-hydrogen) atoms. The second kappa shape index (κ2) is 5.74. The molecule has 0 aromatic carbocycles. The maximum absolute atomic E-state index is 11.8. The molecule has 0 aliphatic rings. The van der Waals surface area contributed by atoms with Crippen molar-refractivity contribution in [1.29, 1.82) is 0 Å². The van der Waals surface area contributed by atoms with Crippen LogP contribution in [0.4, 0.5) is 5.69 Å². The Morgan fingerprint density at radius 2 is 2.39 bits per heavy atom. The highest BCUT2D eigenvalue weighted by Gasteiger charge is 2.03. The number of nitrogens with one attached hydrogen (secondary N) is 1. The minimum Gasteiger partial charge on any atom is -0.382 e. The minimum absolute atomic E-state index is 0.150. The molecule has 0 saturated heterocycles. The maximum atomic E-state index is 11.8. The number of aromatic nitrogens is 3. The first-order valence-electron chi connectivity index (χ1n) is 5.61. The van der Waals surface area contributed by atoms with Crippen LogP contribution in [-0.4, -0.2) is 27.9 Å². The van der Waals surface area contributed by atoms with Crippen LogP contribution in [0.3, 0.4) is 0 Å². The molecule has 0 fully saturated rings. The van der Waals surface area contributed by atoms with E-state index in [-0.39, 0.29) is 5.56 Å². The van der Waals surface area contributed by atoms with Gasteiger partial charge in [0.05, 0.1) is 29.1 Å². The van der Waals surface area contributed by atoms with Gasteiger partial charge in [0.15, 0.2) is 0 Å². The van der Waals surface area contributed by atoms with Crippen LogP contribution < -0.4 is 16.6 Å². The second-order valence-electron chi connectivity index (χ2n) is 3.81. The summed E-state index contributed by atoms with van der Waals surface area (Å²) in [6, 6.07) is 1.52. The highest BCUT2D eigenvalue weighted by atomic mass is 32.1. The molecular formula is C11H15N5OS. The molecule has 2 aromatic heterocycles. The van der Waals surface area contributed by atoms with E-state index in [0.717, 1.165) is 10.7 Å². The van der Waals surface area contributed by atoms with Crippen LogP contribution in [0.25, 0.3) is 0 Å². The molecule has 0 aliphatic carbocycles. The Bertz CT molecular complexity index is 577. The van der Waals surface area contributed by atoms with Crippen molar-refractivity contribution < 1.29 is 0 Å². The molecule has 2 heterocycles. The predicted octanol–water partition coefficient (Wildman–Crippen LogP) is 0.427. The highest BCUT2D eigenvalue weighted by Crippen LogP contribution is 2.08. The third-order valence-corrected chi connectivity index (χ3v) is 3.14. The first kappa shape index (κ1) is 12.7. The number of nitrogens with zero attached hydrogens (tertiary/aromatic N) is 3. The number of aryl methyl sites for hydroxylation is 1. The first-order valence-corrected chi connectivity index (χ1v) is 6.49. The van der Waals surface area contributed by atoms with Crippen LogP contribution in [0.2, 0.25) is 0 Å². The van der Waals surface area contributed by atoms with Crippen LogP contribution in [0, 0.1) is 6.92 Å². The summed E-state index contributed by atoms with van der Waals surface area (Å²) in [4.78, 5) is 16.1. The van der Waals surface area contributed by atoms with Gasteiger partial charge in [0.25, 0.3) is 5.56 Å². The van der Waals surface area contributed by atoms with Crippen LogP contribution in [0.5, 0.6) is 0 Å². The zero-order valence-corrected chi connectivity index (χ0v) is 10.9. The molecular weight excluding hydrogens is 250 g/mol. The monoisotopic (exact) mass is 265 g/mol. The Labute approximate surface area is 108 Å². The number of thiazole rings is 1. The molecule has 0 radical (unpaired) electrons. The van der Waals surface area contributed by atoms with Crippen molar-refractivity contribution in [3.05, 3.63) is 38.7 Å². The van der Waals surface area contributed by atoms with Gasteiger partial charge in [-0.2, -0.15) is 5.10 Å². The van der Waals surface area contributed by atoms with Crippen molar-refractivity contribution in [3.8, 4) is 0 Å². The Kier molecular flexibility index (Phi) is 4.06. The van der Waals surface area contributed by atoms with Gasteiger partial charge in [-0.05, 0) is 6.92 Å². The lowest BCUT2D eigenvalue weighted by molar-refractivity contribution is 0.630. The molecule has 0 saturated carbocycles. The molecule has 0 amide bonds. The molecule has 0 atom stereocenters. The fourth-order valence-corrected chi connectivity index (χ4v) is 2.10. The van der Waals surface area contributed by atoms with Gasteiger partial charge in [-0.25, -0.2) is 9.67 Å². The lowest BCUT2D eigenvalue weighted by Gasteiger charge is -2.06. The van der Waals surface area contributed by atoms with Gasteiger partial charge in [-0.1, -0.05) is 0 Å². The molecule has 0 unspecified atom stereocenters. The summed E-state index contributed by atoms with van der Waals surface area (Å²) in [6.07, 6.45) is 1.62. The molecule has 2 rings (SSSR count). The van der Waals surface area contributed by atoms with E-state index in [4.69, 9.17) is 5.73 Å². The zero-order chi connectivity index (χ0) is 13.0. The third kappa shape index (κ3) is 3.14. The minimum atomic E-state index is -0.150. The summed E-state index contributed by atoms with van der Waals surface area (Å²) in [5.41, 5.74) is 6.77. The van der Waals surface area contributed by atoms with Gasteiger partial charge >= 0.3 is 0 Å². The number of rotatable bonds is 5. The lowest BCUT2D eigenvalue weighted by Crippen LogP contribution is -2.24. The van der Waals surface area contributed by atoms with Crippen molar-refractivity contribution in [2.45, 2.75) is 13.5 Å². The summed E-state index contributed by atoms with van der Waals surface area (Å²) in [6.45, 7) is 3.47.